The summed E-state index contributed by atoms with van der Waals surface area (Å²) in [6, 6.07) is 0. The van der Waals surface area contributed by atoms with Gasteiger partial charge in [-0.2, -0.15) is 0 Å². The molecular weight excluding hydrogens is 546 g/mol. The lowest BCUT2D eigenvalue weighted by Gasteiger charge is -2.43. The fourth-order valence-electron chi connectivity index (χ4n) is 3.94. The van der Waals surface area contributed by atoms with Gasteiger partial charge in [-0.05, 0) is 44.9 Å². The molecule has 0 N–H and O–H groups in total. The maximum atomic E-state index is 12.5. The van der Waals surface area contributed by atoms with Gasteiger partial charge in [0.2, 0.25) is 0 Å². The van der Waals surface area contributed by atoms with E-state index in [0.29, 0.717) is 36.9 Å². The molecule has 37 heavy (non-hydrogen) atoms. The number of ether oxygens (including phenoxy) is 5. The van der Waals surface area contributed by atoms with Gasteiger partial charge in [-0.25, -0.2) is 0 Å². The standard InChI is InChI=1S/C27H46NO8.BrH/c1-8-14-21(29)34-24-20(5)33-27(32-19-13-12-18-28(6,7)17-11-4)26(36-23(31)16-10-3)25(24)35-22(30)15-9-2;/h4,20,24-27H,8-10,12-19H2,1-3,5-7H3;1H/q+1;/p-1/t20-,24+,25+,26-,27?;/m0./s1. The summed E-state index contributed by atoms with van der Waals surface area (Å²) >= 11 is 0. The first-order valence-corrected chi connectivity index (χ1v) is 13.2. The van der Waals surface area contributed by atoms with Crippen LogP contribution in [0, 0.1) is 12.3 Å². The predicted octanol–water partition coefficient (Wildman–Crippen LogP) is 0.377. The van der Waals surface area contributed by atoms with Crippen LogP contribution in [0.2, 0.25) is 0 Å². The molecule has 0 aliphatic carbocycles. The molecule has 1 saturated heterocycles. The highest BCUT2D eigenvalue weighted by molar-refractivity contribution is 5.71. The maximum absolute atomic E-state index is 12.5. The average molecular weight is 593 g/mol. The monoisotopic (exact) mass is 591 g/mol. The summed E-state index contributed by atoms with van der Waals surface area (Å²) in [5.74, 6) is 1.34. The number of carbonyl (C=O) groups is 3. The van der Waals surface area contributed by atoms with Crippen molar-refractivity contribution >= 4 is 17.9 Å². The number of esters is 3. The van der Waals surface area contributed by atoms with Crippen molar-refractivity contribution in [2.24, 2.45) is 0 Å². The minimum absolute atomic E-state index is 0. The van der Waals surface area contributed by atoms with Crippen LogP contribution in [0.15, 0.2) is 0 Å². The van der Waals surface area contributed by atoms with Crippen LogP contribution < -0.4 is 17.0 Å². The fourth-order valence-corrected chi connectivity index (χ4v) is 3.94. The number of terminal acetylenes is 1. The van der Waals surface area contributed by atoms with Crippen LogP contribution in [0.4, 0.5) is 0 Å². The topological polar surface area (TPSA) is 97.4 Å². The van der Waals surface area contributed by atoms with E-state index in [1.54, 1.807) is 6.92 Å². The Balaban J connectivity index is 0.0000130. The number of hydrogen-bond donors (Lipinski definition) is 0. The molecule has 0 aromatic heterocycles. The molecule has 1 rings (SSSR count). The van der Waals surface area contributed by atoms with Crippen molar-refractivity contribution < 1.29 is 59.5 Å². The number of unbranched alkanes of at least 4 members (excludes halogenated alkanes) is 1. The third kappa shape index (κ3) is 13.1. The highest BCUT2D eigenvalue weighted by Crippen LogP contribution is 2.30. The highest BCUT2D eigenvalue weighted by atomic mass is 79.9. The Morgan fingerprint density at radius 3 is 1.81 bits per heavy atom. The van der Waals surface area contributed by atoms with Crippen molar-refractivity contribution in [2.45, 2.75) is 110 Å². The van der Waals surface area contributed by atoms with E-state index in [9.17, 15) is 14.4 Å². The predicted molar refractivity (Wildman–Crippen MR) is 135 cm³/mol. The molecule has 1 heterocycles. The van der Waals surface area contributed by atoms with E-state index in [-0.39, 0.29) is 36.2 Å². The lowest BCUT2D eigenvalue weighted by molar-refractivity contribution is -0.883. The normalized spacial score (nSPS) is 23.3. The lowest BCUT2D eigenvalue weighted by atomic mass is 9.98. The van der Waals surface area contributed by atoms with Crippen molar-refractivity contribution in [3.05, 3.63) is 0 Å². The summed E-state index contributed by atoms with van der Waals surface area (Å²) in [6.45, 7) is 9.20. The minimum atomic E-state index is -1.06. The van der Waals surface area contributed by atoms with Crippen LogP contribution in [0.5, 0.6) is 0 Å². The molecule has 10 heteroatoms. The Labute approximate surface area is 233 Å². The van der Waals surface area contributed by atoms with E-state index in [1.165, 1.54) is 0 Å². The van der Waals surface area contributed by atoms with E-state index >= 15 is 0 Å². The largest absolute Gasteiger partial charge is 1.00 e. The number of hydrogen-bond acceptors (Lipinski definition) is 8. The third-order valence-electron chi connectivity index (χ3n) is 5.85. The van der Waals surface area contributed by atoms with Crippen LogP contribution in [0.25, 0.3) is 0 Å². The quantitative estimate of drug-likeness (QED) is 0.0835. The van der Waals surface area contributed by atoms with Gasteiger partial charge >= 0.3 is 17.9 Å². The molecule has 0 amide bonds. The summed E-state index contributed by atoms with van der Waals surface area (Å²) in [6.07, 6.45) is 4.83. The third-order valence-corrected chi connectivity index (χ3v) is 5.85. The Morgan fingerprint density at radius 2 is 1.32 bits per heavy atom. The number of nitrogens with zero attached hydrogens (tertiary/aromatic N) is 1. The summed E-state index contributed by atoms with van der Waals surface area (Å²) in [4.78, 5) is 37.3. The van der Waals surface area contributed by atoms with Crippen LogP contribution in [-0.4, -0.2) is 86.9 Å². The van der Waals surface area contributed by atoms with Crippen LogP contribution in [-0.2, 0) is 38.1 Å². The molecule has 1 unspecified atom stereocenters. The first-order valence-electron chi connectivity index (χ1n) is 13.2. The Kier molecular flexibility index (Phi) is 17.7. The van der Waals surface area contributed by atoms with Crippen molar-refractivity contribution in [1.82, 2.24) is 0 Å². The van der Waals surface area contributed by atoms with Gasteiger partial charge in [-0.3, -0.25) is 14.4 Å². The zero-order valence-corrected chi connectivity index (χ0v) is 24.9. The summed E-state index contributed by atoms with van der Waals surface area (Å²) < 4.78 is 29.9. The van der Waals surface area contributed by atoms with Crippen molar-refractivity contribution in [1.29, 1.82) is 0 Å². The molecule has 214 valence electrons. The van der Waals surface area contributed by atoms with E-state index in [1.807, 2.05) is 20.8 Å². The number of rotatable bonds is 16. The molecule has 0 bridgehead atoms. The van der Waals surface area contributed by atoms with Crippen molar-refractivity contribution in [2.75, 3.05) is 33.8 Å². The maximum Gasteiger partial charge on any atom is 0.306 e. The van der Waals surface area contributed by atoms with Crippen LogP contribution in [0.1, 0.15) is 79.1 Å². The molecule has 0 aromatic rings. The summed E-state index contributed by atoms with van der Waals surface area (Å²) in [5, 5.41) is 0. The first kappa shape index (κ1) is 35.3. The molecule has 1 aliphatic rings. The molecule has 0 aromatic carbocycles. The van der Waals surface area contributed by atoms with Gasteiger partial charge in [0.25, 0.3) is 0 Å². The van der Waals surface area contributed by atoms with Crippen LogP contribution in [0.3, 0.4) is 0 Å². The van der Waals surface area contributed by atoms with Gasteiger partial charge in [-0.1, -0.05) is 20.8 Å². The molecule has 5 atom stereocenters. The Morgan fingerprint density at radius 1 is 0.838 bits per heavy atom. The van der Waals surface area contributed by atoms with E-state index < -0.39 is 48.6 Å². The zero-order chi connectivity index (χ0) is 27.1. The second-order valence-corrected chi connectivity index (χ2v) is 9.92. The SMILES string of the molecule is C#CC[N+](C)(C)CCCCOC1O[C@@H](C)[C@@H](OC(=O)CCC)[C@@H](OC(=O)CCC)[C@@H]1OC(=O)CCC.[Br-]. The van der Waals surface area contributed by atoms with E-state index in [0.717, 1.165) is 19.4 Å². The molecule has 0 spiro atoms. The second-order valence-electron chi connectivity index (χ2n) is 9.92. The van der Waals surface area contributed by atoms with Crippen molar-refractivity contribution in [3.8, 4) is 12.3 Å². The number of carbonyl (C=O) groups excluding carboxylic acids is 3. The van der Waals surface area contributed by atoms with Gasteiger partial charge in [0.15, 0.2) is 24.6 Å². The second kappa shape index (κ2) is 18.6. The zero-order valence-electron chi connectivity index (χ0n) is 23.3. The minimum Gasteiger partial charge on any atom is -1.00 e. The summed E-state index contributed by atoms with van der Waals surface area (Å²) in [7, 11) is 4.15. The molecule has 9 nitrogen and oxygen atoms in total. The Bertz CT molecular complexity index is 738. The van der Waals surface area contributed by atoms with Crippen molar-refractivity contribution in [3.63, 3.8) is 0 Å². The number of quaternary nitrogens is 1. The van der Waals surface area contributed by atoms with Gasteiger partial charge < -0.3 is 45.1 Å². The van der Waals surface area contributed by atoms with Gasteiger partial charge in [0.05, 0.1) is 33.4 Å². The molecule has 1 fully saturated rings. The van der Waals surface area contributed by atoms with Gasteiger partial charge in [0.1, 0.15) is 6.54 Å². The lowest BCUT2D eigenvalue weighted by Crippen LogP contribution is -3.00. The number of halogens is 1. The first-order chi connectivity index (χ1) is 17.1. The smallest absolute Gasteiger partial charge is 0.306 e. The summed E-state index contributed by atoms with van der Waals surface area (Å²) in [5.41, 5.74) is 0. The average Bonchev–Trinajstić information content (AvgIpc) is 2.78. The van der Waals surface area contributed by atoms with Gasteiger partial charge in [0, 0.05) is 19.3 Å². The van der Waals surface area contributed by atoms with E-state index in [2.05, 4.69) is 20.0 Å². The van der Waals surface area contributed by atoms with E-state index in [4.69, 9.17) is 30.1 Å². The molecular formula is C27H46BrNO8. The fraction of sp³-hybridized carbons (Fsp3) is 0.815. The molecule has 1 aliphatic heterocycles. The Hall–Kier alpha value is -1.67. The van der Waals surface area contributed by atoms with Gasteiger partial charge in [-0.15, -0.1) is 6.42 Å². The van der Waals surface area contributed by atoms with Crippen LogP contribution >= 0.6 is 0 Å². The molecule has 0 saturated carbocycles. The molecule has 0 radical (unpaired) electrons. The highest BCUT2D eigenvalue weighted by Gasteiger charge is 2.51.